The Bertz CT molecular complexity index is 1520. The third-order valence-corrected chi connectivity index (χ3v) is 6.87. The van der Waals surface area contributed by atoms with Crippen molar-refractivity contribution in [1.29, 1.82) is 0 Å². The third-order valence-electron chi connectivity index (χ3n) is 6.87. The van der Waals surface area contributed by atoms with Crippen LogP contribution in [0.4, 0.5) is 4.39 Å². The fourth-order valence-corrected chi connectivity index (χ4v) is 4.79. The molecule has 1 aliphatic rings. The van der Waals surface area contributed by atoms with Crippen molar-refractivity contribution in [2.24, 2.45) is 0 Å². The highest BCUT2D eigenvalue weighted by Gasteiger charge is 2.31. The van der Waals surface area contributed by atoms with Gasteiger partial charge in [-0.1, -0.05) is 12.6 Å². The van der Waals surface area contributed by atoms with Gasteiger partial charge in [0.15, 0.2) is 11.5 Å². The number of nitrogens with zero attached hydrogens (tertiary/aromatic N) is 5. The lowest BCUT2D eigenvalue weighted by atomic mass is 10.1. The smallest absolute Gasteiger partial charge is 0.245 e. The summed E-state index contributed by atoms with van der Waals surface area (Å²) in [5, 5.41) is 0. The monoisotopic (exact) mass is 545 g/mol. The molecule has 2 aromatic carbocycles. The van der Waals surface area contributed by atoms with Gasteiger partial charge < -0.3 is 24.0 Å². The number of fused-ring (bicyclic) bond motifs is 1. The van der Waals surface area contributed by atoms with Gasteiger partial charge >= 0.3 is 0 Å². The van der Waals surface area contributed by atoms with E-state index in [0.29, 0.717) is 31.3 Å². The summed E-state index contributed by atoms with van der Waals surface area (Å²) in [6.07, 6.45) is 5.58. The van der Waals surface area contributed by atoms with Crippen LogP contribution in [0.3, 0.4) is 0 Å². The molecule has 1 atom stereocenters. The topological polar surface area (TPSA) is 81.4 Å². The zero-order chi connectivity index (χ0) is 28.2. The molecule has 0 N–H and O–H groups in total. The Balaban J connectivity index is 1.49. The molecule has 0 bridgehead atoms. The highest BCUT2D eigenvalue weighted by atomic mass is 19.1. The van der Waals surface area contributed by atoms with Crippen LogP contribution in [0.2, 0.25) is 0 Å². The van der Waals surface area contributed by atoms with Gasteiger partial charge in [-0.25, -0.2) is 4.98 Å². The van der Waals surface area contributed by atoms with Gasteiger partial charge in [0.1, 0.15) is 18.2 Å². The molecular weight excluding hydrogens is 513 g/mol. The van der Waals surface area contributed by atoms with Crippen LogP contribution in [-0.2, 0) is 4.79 Å². The predicted octanol–water partition coefficient (Wildman–Crippen LogP) is 4.78. The van der Waals surface area contributed by atoms with E-state index in [1.165, 1.54) is 19.3 Å². The van der Waals surface area contributed by atoms with Gasteiger partial charge in [0.05, 0.1) is 30.7 Å². The van der Waals surface area contributed by atoms with E-state index >= 15 is 0 Å². The number of rotatable bonds is 10. The molecule has 208 valence electrons. The van der Waals surface area contributed by atoms with E-state index < -0.39 is 5.82 Å². The number of methoxy groups -OCH3 is 1. The van der Waals surface area contributed by atoms with Gasteiger partial charge in [0.25, 0.3) is 0 Å². The number of carbonyl (C=O) groups excluding carboxylic acids is 1. The number of aromatic nitrogens is 3. The summed E-state index contributed by atoms with van der Waals surface area (Å²) in [6, 6.07) is 12.0. The van der Waals surface area contributed by atoms with Crippen molar-refractivity contribution >= 4 is 11.4 Å². The molecule has 5 rings (SSSR count). The standard InChI is InChI=1S/C30H32FN5O4/c1-5-26(37)35-14-13-21(19-35)30-33-29(23-17-32-18-27(36(23)30)39-16-15-34(2)3)20-9-11-22(12-10-20)40-25-8-6-7-24(38-4)28(25)31/h5-12,17-18,21H,1,13-16,19H2,2-4H3. The number of halogens is 1. The molecule has 2 aromatic heterocycles. The molecule has 0 spiro atoms. The number of likely N-dealkylation sites (N-methyl/N-ethyl adjacent to an activating group) is 1. The zero-order valence-electron chi connectivity index (χ0n) is 22.8. The first-order valence-electron chi connectivity index (χ1n) is 13.1. The number of hydrogen-bond donors (Lipinski definition) is 0. The van der Waals surface area contributed by atoms with Crippen molar-refractivity contribution in [1.82, 2.24) is 24.2 Å². The van der Waals surface area contributed by atoms with Crippen LogP contribution in [0.15, 0.2) is 67.5 Å². The first kappa shape index (κ1) is 27.1. The Morgan fingerprint density at radius 1 is 1.18 bits per heavy atom. The quantitative estimate of drug-likeness (QED) is 0.265. The normalized spacial score (nSPS) is 15.0. The lowest BCUT2D eigenvalue weighted by Crippen LogP contribution is -2.26. The number of imidazole rings is 1. The molecule has 1 amide bonds. The van der Waals surface area contributed by atoms with Gasteiger partial charge in [-0.05, 0) is 63.0 Å². The highest BCUT2D eigenvalue weighted by molar-refractivity contribution is 5.87. The summed E-state index contributed by atoms with van der Waals surface area (Å²) in [4.78, 5) is 25.6. The van der Waals surface area contributed by atoms with E-state index in [-0.39, 0.29) is 23.3 Å². The summed E-state index contributed by atoms with van der Waals surface area (Å²) < 4.78 is 33.6. The van der Waals surface area contributed by atoms with Crippen molar-refractivity contribution in [2.75, 3.05) is 47.4 Å². The molecule has 10 heteroatoms. The molecule has 1 aliphatic heterocycles. The van der Waals surface area contributed by atoms with Gasteiger partial charge in [-0.2, -0.15) is 4.39 Å². The minimum Gasteiger partial charge on any atom is -0.494 e. The van der Waals surface area contributed by atoms with E-state index in [0.717, 1.165) is 35.6 Å². The number of carbonyl (C=O) groups is 1. The predicted molar refractivity (Wildman–Crippen MR) is 150 cm³/mol. The number of benzene rings is 2. The summed E-state index contributed by atoms with van der Waals surface area (Å²) in [5.74, 6) is 1.43. The molecule has 1 unspecified atom stereocenters. The molecule has 0 aliphatic carbocycles. The minimum absolute atomic E-state index is 0.0161. The van der Waals surface area contributed by atoms with E-state index in [1.54, 1.807) is 41.6 Å². The second kappa shape index (κ2) is 11.7. The number of hydrogen-bond acceptors (Lipinski definition) is 7. The maximum absolute atomic E-state index is 14.6. The molecule has 0 saturated carbocycles. The summed E-state index contributed by atoms with van der Waals surface area (Å²) in [6.45, 7) is 6.03. The highest BCUT2D eigenvalue weighted by Crippen LogP contribution is 2.36. The van der Waals surface area contributed by atoms with Gasteiger partial charge in [0, 0.05) is 31.1 Å². The van der Waals surface area contributed by atoms with Crippen LogP contribution < -0.4 is 14.2 Å². The SMILES string of the molecule is C=CC(=O)N1CCC(c2nc(-c3ccc(Oc4cccc(OC)c4F)cc3)c3cncc(OCCN(C)C)n23)C1. The average Bonchev–Trinajstić information content (AvgIpc) is 3.60. The summed E-state index contributed by atoms with van der Waals surface area (Å²) in [5.41, 5.74) is 2.36. The number of ether oxygens (including phenoxy) is 3. The Labute approximate surface area is 232 Å². The molecule has 1 fully saturated rings. The maximum atomic E-state index is 14.6. The van der Waals surface area contributed by atoms with Crippen LogP contribution in [0.1, 0.15) is 18.2 Å². The second-order valence-electron chi connectivity index (χ2n) is 9.81. The zero-order valence-corrected chi connectivity index (χ0v) is 22.8. The molecule has 40 heavy (non-hydrogen) atoms. The van der Waals surface area contributed by atoms with Gasteiger partial charge in [-0.15, -0.1) is 0 Å². The molecule has 9 nitrogen and oxygen atoms in total. The van der Waals surface area contributed by atoms with E-state index in [4.69, 9.17) is 19.2 Å². The van der Waals surface area contributed by atoms with Crippen molar-refractivity contribution < 1.29 is 23.4 Å². The van der Waals surface area contributed by atoms with Gasteiger partial charge in [-0.3, -0.25) is 14.2 Å². The number of amides is 1. The van der Waals surface area contributed by atoms with Crippen LogP contribution in [0.5, 0.6) is 23.1 Å². The first-order valence-corrected chi connectivity index (χ1v) is 13.1. The van der Waals surface area contributed by atoms with Crippen molar-refractivity contribution in [3.05, 3.63) is 79.2 Å². The van der Waals surface area contributed by atoms with Crippen molar-refractivity contribution in [3.63, 3.8) is 0 Å². The fraction of sp³-hybridized carbons (Fsp3) is 0.300. The average molecular weight is 546 g/mol. The molecule has 1 saturated heterocycles. The van der Waals surface area contributed by atoms with E-state index in [1.807, 2.05) is 35.5 Å². The van der Waals surface area contributed by atoms with Gasteiger partial charge in [0.2, 0.25) is 17.6 Å². The lowest BCUT2D eigenvalue weighted by molar-refractivity contribution is -0.125. The first-order chi connectivity index (χ1) is 19.4. The minimum atomic E-state index is -0.563. The fourth-order valence-electron chi connectivity index (χ4n) is 4.79. The Morgan fingerprint density at radius 2 is 1.95 bits per heavy atom. The molecular formula is C30H32FN5O4. The van der Waals surface area contributed by atoms with Crippen LogP contribution >= 0.6 is 0 Å². The largest absolute Gasteiger partial charge is 0.494 e. The lowest BCUT2D eigenvalue weighted by Gasteiger charge is -2.16. The van der Waals surface area contributed by atoms with E-state index in [2.05, 4.69) is 11.6 Å². The summed E-state index contributed by atoms with van der Waals surface area (Å²) in [7, 11) is 5.39. The van der Waals surface area contributed by atoms with Crippen molar-refractivity contribution in [3.8, 4) is 34.4 Å². The summed E-state index contributed by atoms with van der Waals surface area (Å²) >= 11 is 0. The third kappa shape index (κ3) is 5.48. The van der Waals surface area contributed by atoms with Crippen LogP contribution in [0, 0.1) is 5.82 Å². The second-order valence-corrected chi connectivity index (χ2v) is 9.81. The van der Waals surface area contributed by atoms with Crippen molar-refractivity contribution in [2.45, 2.75) is 12.3 Å². The van der Waals surface area contributed by atoms with E-state index in [9.17, 15) is 9.18 Å². The Kier molecular flexibility index (Phi) is 7.97. The molecule has 3 heterocycles. The Hall–Kier alpha value is -4.44. The van der Waals surface area contributed by atoms with Crippen LogP contribution in [-0.4, -0.2) is 77.5 Å². The maximum Gasteiger partial charge on any atom is 0.245 e. The molecule has 4 aromatic rings. The Morgan fingerprint density at radius 3 is 2.67 bits per heavy atom. The van der Waals surface area contributed by atoms with Crippen LogP contribution in [0.25, 0.3) is 16.8 Å². The molecule has 0 radical (unpaired) electrons. The number of likely N-dealkylation sites (tertiary alicyclic amines) is 1.